The molecule has 0 bridgehead atoms. The molecule has 0 aliphatic heterocycles. The Balaban J connectivity index is 2.80. The van der Waals surface area contributed by atoms with Gasteiger partial charge in [0.2, 0.25) is 5.91 Å². The normalized spacial score (nSPS) is 18.8. The van der Waals surface area contributed by atoms with Gasteiger partial charge >= 0.3 is 5.97 Å². The molecule has 0 saturated heterocycles. The number of hydrogen-bond acceptors (Lipinski definition) is 5. The van der Waals surface area contributed by atoms with E-state index in [2.05, 4.69) is 43.0 Å². The van der Waals surface area contributed by atoms with Gasteiger partial charge < -0.3 is 10.1 Å². The molecule has 0 aromatic heterocycles. The third-order valence-corrected chi connectivity index (χ3v) is 6.07. The highest BCUT2D eigenvalue weighted by atomic mass is 32.2. The lowest BCUT2D eigenvalue weighted by molar-refractivity contribution is -0.143. The zero-order chi connectivity index (χ0) is 24.5. The Morgan fingerprint density at radius 2 is 1.88 bits per heavy atom. The lowest BCUT2D eigenvalue weighted by Gasteiger charge is -2.32. The molecule has 1 rings (SSSR count). The smallest absolute Gasteiger partial charge is 0.329 e. The minimum absolute atomic E-state index is 0.180. The second-order valence-electron chi connectivity index (χ2n) is 8.76. The van der Waals surface area contributed by atoms with Gasteiger partial charge in [-0.3, -0.25) is 9.35 Å². The van der Waals surface area contributed by atoms with E-state index in [1.54, 1.807) is 13.0 Å². The average Bonchev–Trinajstić information content (AvgIpc) is 2.64. The number of hydrogen-bond donors (Lipinski definition) is 2. The van der Waals surface area contributed by atoms with Crippen LogP contribution in [-0.4, -0.2) is 43.8 Å². The number of esters is 1. The van der Waals surface area contributed by atoms with Gasteiger partial charge in [0, 0.05) is 6.08 Å². The first kappa shape index (κ1) is 27.6. The van der Waals surface area contributed by atoms with Gasteiger partial charge in [-0.1, -0.05) is 55.4 Å². The van der Waals surface area contributed by atoms with Crippen LogP contribution in [0.2, 0.25) is 0 Å². The highest BCUT2D eigenvalue weighted by molar-refractivity contribution is 7.85. The predicted octanol–water partition coefficient (Wildman–Crippen LogP) is 4.06. The zero-order valence-corrected chi connectivity index (χ0v) is 20.6. The van der Waals surface area contributed by atoms with E-state index in [9.17, 15) is 18.0 Å². The van der Waals surface area contributed by atoms with Crippen molar-refractivity contribution < 1.29 is 27.3 Å². The van der Waals surface area contributed by atoms with E-state index in [-0.39, 0.29) is 5.41 Å². The molecule has 32 heavy (non-hydrogen) atoms. The SMILES string of the molecule is COC(=O)C(CS(=O)(=O)O)NC(=O)/C=C(C)/C=C/C=C(C)\C=C\C1=C(C)CCCC1(C)C. The standard InChI is InChI=1S/C24H35NO6S/c1-17(12-13-20-19(3)11-8-14-24(20,4)5)9-7-10-18(2)15-22(26)25-21(23(27)31-6)16-32(28,29)30/h7,9-10,12-13,15,21H,8,11,14,16H2,1-6H3,(H,25,26)(H,28,29,30)/b10-7+,13-12+,17-9-,18-15+. The van der Waals surface area contributed by atoms with Crippen LogP contribution in [0.15, 0.2) is 58.7 Å². The first-order valence-corrected chi connectivity index (χ1v) is 12.1. The third kappa shape index (κ3) is 9.78. The molecule has 7 nitrogen and oxygen atoms in total. The van der Waals surface area contributed by atoms with Gasteiger partial charge in [0.15, 0.2) is 0 Å². The van der Waals surface area contributed by atoms with Crippen LogP contribution in [0.4, 0.5) is 0 Å². The van der Waals surface area contributed by atoms with Crippen LogP contribution >= 0.6 is 0 Å². The van der Waals surface area contributed by atoms with Crippen molar-refractivity contribution >= 4 is 22.0 Å². The Hall–Kier alpha value is -2.45. The molecule has 0 fully saturated rings. The van der Waals surface area contributed by atoms with Crippen molar-refractivity contribution in [2.24, 2.45) is 5.41 Å². The Bertz CT molecular complexity index is 964. The maximum Gasteiger partial charge on any atom is 0.329 e. The number of nitrogens with one attached hydrogen (secondary N) is 1. The van der Waals surface area contributed by atoms with E-state index in [1.165, 1.54) is 30.1 Å². The quantitative estimate of drug-likeness (QED) is 0.230. The fourth-order valence-electron chi connectivity index (χ4n) is 3.62. The molecular formula is C24H35NO6S. The molecule has 1 aliphatic carbocycles. The number of carbonyl (C=O) groups is 2. The largest absolute Gasteiger partial charge is 0.467 e. The summed E-state index contributed by atoms with van der Waals surface area (Å²) >= 11 is 0. The van der Waals surface area contributed by atoms with Crippen LogP contribution in [0.1, 0.15) is 53.9 Å². The zero-order valence-electron chi connectivity index (χ0n) is 19.8. The summed E-state index contributed by atoms with van der Waals surface area (Å²) in [5.41, 5.74) is 4.65. The van der Waals surface area contributed by atoms with Crippen LogP contribution < -0.4 is 5.32 Å². The lowest BCUT2D eigenvalue weighted by Crippen LogP contribution is -2.45. The molecule has 1 atom stereocenters. The molecule has 0 heterocycles. The number of allylic oxidation sites excluding steroid dienone is 9. The summed E-state index contributed by atoms with van der Waals surface area (Å²) in [5, 5.41) is 2.23. The minimum atomic E-state index is -4.47. The molecular weight excluding hydrogens is 430 g/mol. The fourth-order valence-corrected chi connectivity index (χ4v) is 4.26. The first-order valence-electron chi connectivity index (χ1n) is 10.5. The van der Waals surface area contributed by atoms with Crippen molar-refractivity contribution in [1.29, 1.82) is 0 Å². The summed E-state index contributed by atoms with van der Waals surface area (Å²) in [7, 11) is -3.41. The lowest BCUT2D eigenvalue weighted by atomic mass is 9.72. The van der Waals surface area contributed by atoms with Gasteiger partial charge in [0.05, 0.1) is 7.11 Å². The van der Waals surface area contributed by atoms with E-state index >= 15 is 0 Å². The molecule has 8 heteroatoms. The van der Waals surface area contributed by atoms with Crippen LogP contribution in [0.25, 0.3) is 0 Å². The van der Waals surface area contributed by atoms with E-state index in [4.69, 9.17) is 4.55 Å². The molecule has 0 radical (unpaired) electrons. The molecule has 178 valence electrons. The number of ether oxygens (including phenoxy) is 1. The van der Waals surface area contributed by atoms with Crippen molar-refractivity contribution in [3.8, 4) is 0 Å². The molecule has 0 aromatic rings. The van der Waals surface area contributed by atoms with Crippen LogP contribution in [0.3, 0.4) is 0 Å². The average molecular weight is 466 g/mol. The number of rotatable bonds is 9. The van der Waals surface area contributed by atoms with Gasteiger partial charge in [-0.25, -0.2) is 4.79 Å². The molecule has 1 aliphatic rings. The van der Waals surface area contributed by atoms with Gasteiger partial charge in [-0.2, -0.15) is 8.42 Å². The fraction of sp³-hybridized carbons (Fsp3) is 0.500. The summed E-state index contributed by atoms with van der Waals surface area (Å²) in [4.78, 5) is 23.7. The van der Waals surface area contributed by atoms with E-state index in [0.717, 1.165) is 19.1 Å². The molecule has 1 unspecified atom stereocenters. The van der Waals surface area contributed by atoms with Gasteiger partial charge in [0.1, 0.15) is 11.8 Å². The maximum absolute atomic E-state index is 12.1. The Morgan fingerprint density at radius 1 is 1.22 bits per heavy atom. The number of carbonyl (C=O) groups excluding carboxylic acids is 2. The second kappa shape index (κ2) is 12.0. The molecule has 0 saturated carbocycles. The summed E-state index contributed by atoms with van der Waals surface area (Å²) in [6.45, 7) is 10.4. The second-order valence-corrected chi connectivity index (χ2v) is 10.3. The number of methoxy groups -OCH3 is 1. The predicted molar refractivity (Wildman–Crippen MR) is 126 cm³/mol. The highest BCUT2D eigenvalue weighted by Gasteiger charge is 2.27. The minimum Gasteiger partial charge on any atom is -0.467 e. The van der Waals surface area contributed by atoms with Crippen LogP contribution in [0, 0.1) is 5.41 Å². The van der Waals surface area contributed by atoms with Crippen molar-refractivity contribution in [2.75, 3.05) is 12.9 Å². The van der Waals surface area contributed by atoms with E-state index in [1.807, 2.05) is 19.1 Å². The van der Waals surface area contributed by atoms with Gasteiger partial charge in [-0.15, -0.1) is 0 Å². The summed E-state index contributed by atoms with van der Waals surface area (Å²) < 4.78 is 35.5. The highest BCUT2D eigenvalue weighted by Crippen LogP contribution is 2.40. The Labute approximate surface area is 191 Å². The van der Waals surface area contributed by atoms with Crippen LogP contribution in [-0.2, 0) is 24.4 Å². The van der Waals surface area contributed by atoms with Crippen molar-refractivity contribution in [3.63, 3.8) is 0 Å². The Kier molecular flexibility index (Phi) is 10.3. The van der Waals surface area contributed by atoms with E-state index < -0.39 is 33.8 Å². The summed E-state index contributed by atoms with van der Waals surface area (Å²) in [6, 6.07) is -1.50. The monoisotopic (exact) mass is 465 g/mol. The van der Waals surface area contributed by atoms with Crippen molar-refractivity contribution in [2.45, 2.75) is 59.9 Å². The first-order chi connectivity index (χ1) is 14.7. The topological polar surface area (TPSA) is 110 Å². The van der Waals surface area contributed by atoms with E-state index in [0.29, 0.717) is 5.57 Å². The number of amides is 1. The maximum atomic E-state index is 12.1. The molecule has 1 amide bonds. The third-order valence-electron chi connectivity index (χ3n) is 5.31. The molecule has 2 N–H and O–H groups in total. The molecule has 0 aromatic carbocycles. The summed E-state index contributed by atoms with van der Waals surface area (Å²) in [5.74, 6) is -2.60. The Morgan fingerprint density at radius 3 is 2.44 bits per heavy atom. The van der Waals surface area contributed by atoms with Crippen molar-refractivity contribution in [1.82, 2.24) is 5.32 Å². The summed E-state index contributed by atoms with van der Waals surface area (Å²) in [6.07, 6.45) is 14.5. The van der Waals surface area contributed by atoms with Crippen molar-refractivity contribution in [3.05, 3.63) is 58.7 Å². The van der Waals surface area contributed by atoms with Gasteiger partial charge in [0.25, 0.3) is 10.1 Å². The van der Waals surface area contributed by atoms with Crippen LogP contribution in [0.5, 0.6) is 0 Å². The molecule has 0 spiro atoms. The van der Waals surface area contributed by atoms with Gasteiger partial charge in [-0.05, 0) is 56.6 Å².